The fourth-order valence-corrected chi connectivity index (χ4v) is 4.64. The number of hydrogen-bond donors (Lipinski definition) is 3. The molecular weight excluding hydrogens is 390 g/mol. The molecule has 0 unspecified atom stereocenters. The molecule has 2 heterocycles. The Kier molecular flexibility index (Phi) is 4.74. The van der Waals surface area contributed by atoms with Crippen molar-refractivity contribution in [3.63, 3.8) is 0 Å². The summed E-state index contributed by atoms with van der Waals surface area (Å²) >= 11 is 0. The number of rotatable bonds is 6. The van der Waals surface area contributed by atoms with Crippen molar-refractivity contribution >= 4 is 32.4 Å². The Morgan fingerprint density at radius 2 is 1.86 bits per heavy atom. The van der Waals surface area contributed by atoms with E-state index >= 15 is 0 Å². The lowest BCUT2D eigenvalue weighted by Gasteiger charge is -2.20. The number of fused-ring (bicyclic) bond motifs is 1. The molecule has 0 spiro atoms. The summed E-state index contributed by atoms with van der Waals surface area (Å²) in [6.07, 6.45) is 4.00. The van der Waals surface area contributed by atoms with E-state index in [1.165, 1.54) is 25.0 Å². The van der Waals surface area contributed by atoms with Gasteiger partial charge in [0, 0.05) is 24.0 Å². The maximum absolute atomic E-state index is 12.5. The second kappa shape index (κ2) is 7.00. The molecule has 3 aromatic rings. The number of aromatic nitrogens is 3. The molecule has 0 aliphatic heterocycles. The van der Waals surface area contributed by atoms with Crippen LogP contribution in [0, 0.1) is 5.92 Å². The third-order valence-electron chi connectivity index (χ3n) is 4.67. The van der Waals surface area contributed by atoms with Crippen molar-refractivity contribution in [1.82, 2.24) is 19.5 Å². The third kappa shape index (κ3) is 4.35. The van der Waals surface area contributed by atoms with Crippen LogP contribution in [0.5, 0.6) is 0 Å². The van der Waals surface area contributed by atoms with Crippen LogP contribution in [0.4, 0.5) is 11.5 Å². The maximum Gasteiger partial charge on any atom is 0.261 e. The quantitative estimate of drug-likeness (QED) is 0.573. The van der Waals surface area contributed by atoms with Gasteiger partial charge in [0.15, 0.2) is 5.82 Å². The highest BCUT2D eigenvalue weighted by molar-refractivity contribution is 7.89. The molecule has 29 heavy (non-hydrogen) atoms. The molecule has 0 atom stereocenters. The lowest BCUT2D eigenvalue weighted by atomic mass is 10.1. The first-order valence-electron chi connectivity index (χ1n) is 9.62. The van der Waals surface area contributed by atoms with Crippen LogP contribution in [-0.2, 0) is 16.6 Å². The standard InChI is InChI=1S/C20H25N5O3S/c1-20(2,3)24-29(27,28)15-8-6-14(7-9-15)22-18-17-16(10-11-21-19(17)26)25(23-18)12-13-4-5-13/h6-11,13,24H,4-5,12H2,1-3H3,(H,21,26)(H,22,23). The fraction of sp³-hybridized carbons (Fsp3) is 0.400. The Labute approximate surface area is 169 Å². The summed E-state index contributed by atoms with van der Waals surface area (Å²) in [7, 11) is -3.60. The molecule has 0 radical (unpaired) electrons. The van der Waals surface area contributed by atoms with Crippen LogP contribution in [0.2, 0.25) is 0 Å². The van der Waals surface area contributed by atoms with Crippen LogP contribution >= 0.6 is 0 Å². The van der Waals surface area contributed by atoms with Crippen LogP contribution in [0.1, 0.15) is 33.6 Å². The number of nitrogens with one attached hydrogen (secondary N) is 3. The molecule has 154 valence electrons. The second-order valence-electron chi connectivity index (χ2n) is 8.55. The molecule has 1 aliphatic rings. The van der Waals surface area contributed by atoms with Crippen LogP contribution in [0.25, 0.3) is 10.9 Å². The van der Waals surface area contributed by atoms with Crippen molar-refractivity contribution in [2.24, 2.45) is 5.92 Å². The maximum atomic E-state index is 12.5. The van der Waals surface area contributed by atoms with Gasteiger partial charge < -0.3 is 10.3 Å². The van der Waals surface area contributed by atoms with Gasteiger partial charge in [-0.2, -0.15) is 5.10 Å². The molecule has 9 heteroatoms. The van der Waals surface area contributed by atoms with E-state index < -0.39 is 15.6 Å². The number of pyridine rings is 1. The molecule has 1 aliphatic carbocycles. The molecular formula is C20H25N5O3S. The van der Waals surface area contributed by atoms with Gasteiger partial charge >= 0.3 is 0 Å². The van der Waals surface area contributed by atoms with Crippen molar-refractivity contribution in [1.29, 1.82) is 0 Å². The molecule has 1 aromatic carbocycles. The number of H-pyrrole nitrogens is 1. The fourth-order valence-electron chi connectivity index (χ4n) is 3.22. The predicted octanol–water partition coefficient (Wildman–Crippen LogP) is 2.96. The highest BCUT2D eigenvalue weighted by atomic mass is 32.2. The second-order valence-corrected chi connectivity index (χ2v) is 10.2. The minimum Gasteiger partial charge on any atom is -0.338 e. The SMILES string of the molecule is CC(C)(C)NS(=O)(=O)c1ccc(Nc2nn(CC3CC3)c3cc[nH]c(=O)c23)cc1. The summed E-state index contributed by atoms with van der Waals surface area (Å²) in [5.41, 5.74) is 0.669. The summed E-state index contributed by atoms with van der Waals surface area (Å²) in [5.74, 6) is 1.08. The van der Waals surface area contributed by atoms with E-state index in [4.69, 9.17) is 0 Å². The van der Waals surface area contributed by atoms with Gasteiger partial charge in [0.05, 0.1) is 10.4 Å². The van der Waals surface area contributed by atoms with Crippen molar-refractivity contribution < 1.29 is 8.42 Å². The van der Waals surface area contributed by atoms with Gasteiger partial charge in [-0.3, -0.25) is 9.48 Å². The minimum atomic E-state index is -3.60. The number of benzene rings is 1. The Bertz CT molecular complexity index is 1200. The lowest BCUT2D eigenvalue weighted by molar-refractivity contribution is 0.491. The molecule has 1 fully saturated rings. The highest BCUT2D eigenvalue weighted by Gasteiger charge is 2.25. The zero-order chi connectivity index (χ0) is 20.8. The Hall–Kier alpha value is -2.65. The van der Waals surface area contributed by atoms with Crippen LogP contribution in [-0.4, -0.2) is 28.7 Å². The number of sulfonamides is 1. The van der Waals surface area contributed by atoms with Crippen molar-refractivity contribution in [3.8, 4) is 0 Å². The molecule has 0 bridgehead atoms. The Morgan fingerprint density at radius 1 is 1.17 bits per heavy atom. The van der Waals surface area contributed by atoms with Crippen LogP contribution in [0.3, 0.4) is 0 Å². The van der Waals surface area contributed by atoms with Crippen LogP contribution < -0.4 is 15.6 Å². The van der Waals surface area contributed by atoms with E-state index in [1.54, 1.807) is 39.1 Å². The summed E-state index contributed by atoms with van der Waals surface area (Å²) in [5, 5.41) is 8.26. The highest BCUT2D eigenvalue weighted by Crippen LogP contribution is 2.32. The summed E-state index contributed by atoms with van der Waals surface area (Å²) < 4.78 is 29.4. The summed E-state index contributed by atoms with van der Waals surface area (Å²) in [4.78, 5) is 15.3. The van der Waals surface area contributed by atoms with E-state index in [1.807, 2.05) is 10.7 Å². The zero-order valence-corrected chi connectivity index (χ0v) is 17.5. The molecule has 1 saturated carbocycles. The van der Waals surface area contributed by atoms with E-state index in [9.17, 15) is 13.2 Å². The topological polar surface area (TPSA) is 109 Å². The third-order valence-corrected chi connectivity index (χ3v) is 6.44. The monoisotopic (exact) mass is 415 g/mol. The first kappa shape index (κ1) is 19.7. The number of hydrogen-bond acceptors (Lipinski definition) is 5. The lowest BCUT2D eigenvalue weighted by Crippen LogP contribution is -2.40. The zero-order valence-electron chi connectivity index (χ0n) is 16.7. The molecule has 4 rings (SSSR count). The molecule has 0 amide bonds. The average molecular weight is 416 g/mol. The first-order valence-corrected chi connectivity index (χ1v) is 11.1. The average Bonchev–Trinajstić information content (AvgIpc) is 3.36. The van der Waals surface area contributed by atoms with E-state index in [0.29, 0.717) is 22.8 Å². The molecule has 0 saturated heterocycles. The Balaban J connectivity index is 1.63. The van der Waals surface area contributed by atoms with Gasteiger partial charge in [-0.05, 0) is 69.9 Å². The number of aromatic amines is 1. The predicted molar refractivity (Wildman–Crippen MR) is 113 cm³/mol. The number of anilines is 2. The minimum absolute atomic E-state index is 0.181. The van der Waals surface area contributed by atoms with Gasteiger partial charge in [0.1, 0.15) is 5.39 Å². The normalized spacial score (nSPS) is 15.0. The molecule has 2 aromatic heterocycles. The van der Waals surface area contributed by atoms with Gasteiger partial charge in [-0.25, -0.2) is 13.1 Å². The van der Waals surface area contributed by atoms with Crippen LogP contribution in [0.15, 0.2) is 46.2 Å². The summed E-state index contributed by atoms with van der Waals surface area (Å²) in [6, 6.07) is 8.25. The van der Waals surface area contributed by atoms with Crippen molar-refractivity contribution in [3.05, 3.63) is 46.9 Å². The van der Waals surface area contributed by atoms with Crippen molar-refractivity contribution in [2.75, 3.05) is 5.32 Å². The van der Waals surface area contributed by atoms with Gasteiger partial charge in [-0.15, -0.1) is 0 Å². The van der Waals surface area contributed by atoms with Gasteiger partial charge in [-0.1, -0.05) is 0 Å². The van der Waals surface area contributed by atoms with Gasteiger partial charge in [0.2, 0.25) is 10.0 Å². The smallest absolute Gasteiger partial charge is 0.261 e. The van der Waals surface area contributed by atoms with E-state index in [2.05, 4.69) is 20.1 Å². The van der Waals surface area contributed by atoms with E-state index in [-0.39, 0.29) is 10.5 Å². The largest absolute Gasteiger partial charge is 0.338 e. The van der Waals surface area contributed by atoms with Crippen molar-refractivity contribution in [2.45, 2.75) is 50.6 Å². The summed E-state index contributed by atoms with van der Waals surface area (Å²) in [6.45, 7) is 6.17. The van der Waals surface area contributed by atoms with Gasteiger partial charge in [0.25, 0.3) is 5.56 Å². The first-order chi connectivity index (χ1) is 13.6. The molecule has 3 N–H and O–H groups in total. The Morgan fingerprint density at radius 3 is 2.48 bits per heavy atom. The molecule has 8 nitrogen and oxygen atoms in total. The number of nitrogens with zero attached hydrogens (tertiary/aromatic N) is 2. The van der Waals surface area contributed by atoms with E-state index in [0.717, 1.165) is 12.1 Å².